The number of aliphatic hydroxyl groups is 1. The second-order valence-corrected chi connectivity index (χ2v) is 18.4. The highest BCUT2D eigenvalue weighted by molar-refractivity contribution is 5.69. The van der Waals surface area contributed by atoms with Crippen molar-refractivity contribution in [2.45, 2.75) is 239 Å². The maximum atomic E-state index is 12.4. The van der Waals surface area contributed by atoms with Crippen LogP contribution in [0.15, 0.2) is 72.9 Å². The van der Waals surface area contributed by atoms with Crippen molar-refractivity contribution in [3.8, 4) is 0 Å². The Morgan fingerprint density at radius 3 is 1.38 bits per heavy atom. The Morgan fingerprint density at radius 2 is 0.879 bits per heavy atom. The number of nitrogens with zero attached hydrogens (tertiary/aromatic N) is 1. The van der Waals surface area contributed by atoms with Gasteiger partial charge in [0.05, 0.1) is 19.3 Å². The highest BCUT2D eigenvalue weighted by Crippen LogP contribution is 2.19. The predicted molar refractivity (Wildman–Crippen MR) is 286 cm³/mol. The molecule has 0 saturated heterocycles. The Kier molecular flexibility index (Phi) is 51.0. The van der Waals surface area contributed by atoms with Gasteiger partial charge in [0.2, 0.25) is 0 Å². The number of aliphatic hydroxyl groups excluding tert-OH is 1. The lowest BCUT2D eigenvalue weighted by Gasteiger charge is -2.25. The van der Waals surface area contributed by atoms with Crippen LogP contribution in [0.1, 0.15) is 233 Å². The summed E-state index contributed by atoms with van der Waals surface area (Å²) in [4.78, 5) is 27.3. The lowest BCUT2D eigenvalue weighted by Crippen LogP contribution is -2.34. The summed E-state index contributed by atoms with van der Waals surface area (Å²) in [6, 6.07) is 0. The van der Waals surface area contributed by atoms with Gasteiger partial charge in [-0.15, -0.1) is 0 Å². The zero-order valence-electron chi connectivity index (χ0n) is 43.7. The van der Waals surface area contributed by atoms with Gasteiger partial charge in [-0.3, -0.25) is 9.59 Å². The Balaban J connectivity index is 4.36. The molecule has 2 atom stereocenters. The summed E-state index contributed by atoms with van der Waals surface area (Å²) in [5.41, 5.74) is 0. The number of nitrogens with one attached hydrogen (secondary N) is 1. The average Bonchev–Trinajstić information content (AvgIpc) is 3.32. The van der Waals surface area contributed by atoms with Crippen molar-refractivity contribution in [3.05, 3.63) is 72.9 Å². The number of allylic oxidation sites excluding steroid dienone is 12. The van der Waals surface area contributed by atoms with E-state index in [0.29, 0.717) is 26.1 Å². The van der Waals surface area contributed by atoms with E-state index in [0.717, 1.165) is 148 Å². The number of ether oxygens (including phenoxy) is 2. The molecular weight excluding hydrogens is 817 g/mol. The minimum Gasteiger partial charge on any atom is -0.466 e. The van der Waals surface area contributed by atoms with Crippen LogP contribution in [0.4, 0.5) is 0 Å². The van der Waals surface area contributed by atoms with E-state index in [1.165, 1.54) is 77.3 Å². The summed E-state index contributed by atoms with van der Waals surface area (Å²) < 4.78 is 11.1. The van der Waals surface area contributed by atoms with Crippen molar-refractivity contribution in [1.82, 2.24) is 10.2 Å². The number of hydrogen-bond donors (Lipinski definition) is 2. The molecule has 0 aromatic carbocycles. The van der Waals surface area contributed by atoms with Gasteiger partial charge < -0.3 is 24.8 Å². The molecule has 0 bridgehead atoms. The van der Waals surface area contributed by atoms with E-state index in [2.05, 4.69) is 111 Å². The molecule has 0 heterocycles. The molecule has 7 nitrogen and oxygen atoms in total. The molecular formula is C59H106N2O5. The fourth-order valence-electron chi connectivity index (χ4n) is 7.91. The molecule has 0 radical (unpaired) electrons. The summed E-state index contributed by atoms with van der Waals surface area (Å²) in [5, 5.41) is 15.0. The normalized spacial score (nSPS) is 13.3. The van der Waals surface area contributed by atoms with Gasteiger partial charge in [-0.2, -0.15) is 0 Å². The quantitative estimate of drug-likeness (QED) is 0.0357. The smallest absolute Gasteiger partial charge is 0.305 e. The molecule has 0 amide bonds. The molecule has 0 aliphatic carbocycles. The van der Waals surface area contributed by atoms with E-state index < -0.39 is 0 Å². The van der Waals surface area contributed by atoms with Gasteiger partial charge >= 0.3 is 11.9 Å². The van der Waals surface area contributed by atoms with Crippen molar-refractivity contribution in [3.63, 3.8) is 0 Å². The van der Waals surface area contributed by atoms with Crippen molar-refractivity contribution in [2.24, 2.45) is 5.92 Å². The van der Waals surface area contributed by atoms with Crippen LogP contribution >= 0.6 is 0 Å². The monoisotopic (exact) mass is 923 g/mol. The Labute approximate surface area is 408 Å². The number of hydrogen-bond acceptors (Lipinski definition) is 7. The number of carbonyl (C=O) groups excluding carboxylic acids is 2. The average molecular weight is 924 g/mol. The molecule has 0 fully saturated rings. The zero-order chi connectivity index (χ0) is 48.1. The first-order chi connectivity index (χ1) is 32.5. The fraction of sp³-hybridized carbons (Fsp3) is 0.763. The summed E-state index contributed by atoms with van der Waals surface area (Å²) in [5.74, 6) is 0.0152. The molecule has 0 aromatic heterocycles. The van der Waals surface area contributed by atoms with E-state index in [1.807, 2.05) is 0 Å². The lowest BCUT2D eigenvalue weighted by atomic mass is 9.92. The van der Waals surface area contributed by atoms with Gasteiger partial charge in [0.15, 0.2) is 0 Å². The molecule has 0 rings (SSSR count). The van der Waals surface area contributed by atoms with Crippen molar-refractivity contribution >= 4 is 11.9 Å². The standard InChI is InChI=1S/C59H106N2O5/c1-5-9-13-15-17-19-21-23-25-27-29-31-33-35-39-47-58(63)65-53-42-37-38-46-57(62)56(55-60-49-44-52-61(50-11-7-3)51-12-8-4)45-41-43-54-66-59(64)48-40-36-34-32-30-28-26-24-22-20-18-16-14-10-6-2/h9-10,13-14,17-20,23-26,56-57,60,62H,5-8,11-12,15-16,21-22,27-55H2,1-4H3/b13-9-,14-10-,19-17-,20-18-,25-23-,26-24-. The summed E-state index contributed by atoms with van der Waals surface area (Å²) in [6.07, 6.45) is 59.5. The Morgan fingerprint density at radius 1 is 0.470 bits per heavy atom. The maximum absolute atomic E-state index is 12.4. The highest BCUT2D eigenvalue weighted by Gasteiger charge is 2.19. The van der Waals surface area contributed by atoms with Crippen molar-refractivity contribution in [2.75, 3.05) is 45.9 Å². The van der Waals surface area contributed by atoms with Crippen molar-refractivity contribution in [1.29, 1.82) is 0 Å². The van der Waals surface area contributed by atoms with E-state index in [4.69, 9.17) is 9.47 Å². The second kappa shape index (κ2) is 53.2. The van der Waals surface area contributed by atoms with Crippen LogP contribution in [-0.2, 0) is 19.1 Å². The van der Waals surface area contributed by atoms with Crippen LogP contribution < -0.4 is 5.32 Å². The number of rotatable bonds is 50. The van der Waals surface area contributed by atoms with Crippen LogP contribution in [-0.4, -0.2) is 74.0 Å². The van der Waals surface area contributed by atoms with E-state index >= 15 is 0 Å². The molecule has 7 heteroatoms. The van der Waals surface area contributed by atoms with Gasteiger partial charge in [-0.05, 0) is 167 Å². The molecule has 382 valence electrons. The van der Waals surface area contributed by atoms with Gasteiger partial charge in [-0.1, -0.05) is 158 Å². The number of esters is 2. The van der Waals surface area contributed by atoms with Crippen LogP contribution in [0.3, 0.4) is 0 Å². The second-order valence-electron chi connectivity index (χ2n) is 18.4. The predicted octanol–water partition coefficient (Wildman–Crippen LogP) is 15.8. The third-order valence-corrected chi connectivity index (χ3v) is 12.1. The molecule has 66 heavy (non-hydrogen) atoms. The SMILES string of the molecule is CC/C=C\C/C=C\C/C=C\CCCCCCCC(=O)OCCCCCC(O)C(CCCCOC(=O)CCCCCCC/C=C\C/C=C\C/C=C\CC)CNCCCN(CCCC)CCCC. The van der Waals surface area contributed by atoms with Crippen molar-refractivity contribution < 1.29 is 24.2 Å². The number of carbonyl (C=O) groups is 2. The number of unbranched alkanes of at least 4 members (excludes halogenated alkanes) is 15. The molecule has 0 saturated carbocycles. The third kappa shape index (κ3) is 47.7. The maximum Gasteiger partial charge on any atom is 0.305 e. The highest BCUT2D eigenvalue weighted by atomic mass is 16.5. The first-order valence-corrected chi connectivity index (χ1v) is 27.8. The molecule has 0 aromatic rings. The van der Waals surface area contributed by atoms with Crippen LogP contribution in [0, 0.1) is 5.92 Å². The van der Waals surface area contributed by atoms with Crippen LogP contribution in [0.2, 0.25) is 0 Å². The molecule has 0 spiro atoms. The van der Waals surface area contributed by atoms with E-state index in [1.54, 1.807) is 0 Å². The Bertz CT molecular complexity index is 1210. The van der Waals surface area contributed by atoms with E-state index in [9.17, 15) is 14.7 Å². The third-order valence-electron chi connectivity index (χ3n) is 12.1. The Hall–Kier alpha value is -2.74. The molecule has 2 unspecified atom stereocenters. The van der Waals surface area contributed by atoms with Gasteiger partial charge in [0.1, 0.15) is 0 Å². The summed E-state index contributed by atoms with van der Waals surface area (Å²) >= 11 is 0. The fourth-order valence-corrected chi connectivity index (χ4v) is 7.91. The minimum atomic E-state index is -0.375. The van der Waals surface area contributed by atoms with Gasteiger partial charge in [0, 0.05) is 19.4 Å². The minimum absolute atomic E-state index is 0.0766. The molecule has 0 aliphatic rings. The van der Waals surface area contributed by atoms with Crippen LogP contribution in [0.25, 0.3) is 0 Å². The summed E-state index contributed by atoms with van der Waals surface area (Å²) in [7, 11) is 0. The largest absolute Gasteiger partial charge is 0.466 e. The summed E-state index contributed by atoms with van der Waals surface area (Å²) in [6.45, 7) is 15.0. The first kappa shape index (κ1) is 63.3. The van der Waals surface area contributed by atoms with Gasteiger partial charge in [-0.25, -0.2) is 0 Å². The lowest BCUT2D eigenvalue weighted by molar-refractivity contribution is -0.144. The molecule has 2 N–H and O–H groups in total. The zero-order valence-corrected chi connectivity index (χ0v) is 43.7. The molecule has 0 aliphatic heterocycles. The topological polar surface area (TPSA) is 88.1 Å². The van der Waals surface area contributed by atoms with Gasteiger partial charge in [0.25, 0.3) is 0 Å². The van der Waals surface area contributed by atoms with E-state index in [-0.39, 0.29) is 24.0 Å². The van der Waals surface area contributed by atoms with Crippen LogP contribution in [0.5, 0.6) is 0 Å². The first-order valence-electron chi connectivity index (χ1n) is 27.8.